The zero-order chi connectivity index (χ0) is 11.4. The van der Waals surface area contributed by atoms with Gasteiger partial charge >= 0.3 is 5.97 Å². The Kier molecular flexibility index (Phi) is 3.83. The molecule has 0 unspecified atom stereocenters. The standard InChI is InChI=1S/C12H17NO2/c1-4-5-6-10-9(2)13(3)8-7-11(10)12(14)15/h7-8H,4-6H2,1-3H3/p+1. The van der Waals surface area contributed by atoms with Crippen LogP contribution in [0.2, 0.25) is 0 Å². The van der Waals surface area contributed by atoms with Gasteiger partial charge in [0.25, 0.3) is 0 Å². The van der Waals surface area contributed by atoms with Gasteiger partial charge in [-0.1, -0.05) is 13.3 Å². The number of carbonyl (C=O) groups is 1. The van der Waals surface area contributed by atoms with E-state index in [-0.39, 0.29) is 0 Å². The quantitative estimate of drug-likeness (QED) is 0.767. The van der Waals surface area contributed by atoms with Crippen LogP contribution in [0.5, 0.6) is 0 Å². The van der Waals surface area contributed by atoms with E-state index in [4.69, 9.17) is 5.11 Å². The molecule has 0 spiro atoms. The minimum absolute atomic E-state index is 0.444. The zero-order valence-electron chi connectivity index (χ0n) is 9.58. The first-order chi connectivity index (χ1) is 7.07. The smallest absolute Gasteiger partial charge is 0.336 e. The maximum Gasteiger partial charge on any atom is 0.336 e. The van der Waals surface area contributed by atoms with Gasteiger partial charge in [0.05, 0.1) is 5.56 Å². The maximum absolute atomic E-state index is 11.0. The van der Waals surface area contributed by atoms with Crippen molar-refractivity contribution in [1.29, 1.82) is 0 Å². The molecule has 0 bridgehead atoms. The third-order valence-electron chi connectivity index (χ3n) is 2.77. The highest BCUT2D eigenvalue weighted by Gasteiger charge is 2.17. The lowest BCUT2D eigenvalue weighted by molar-refractivity contribution is -0.678. The largest absolute Gasteiger partial charge is 0.478 e. The zero-order valence-corrected chi connectivity index (χ0v) is 9.58. The lowest BCUT2D eigenvalue weighted by atomic mass is 10.0. The van der Waals surface area contributed by atoms with Gasteiger partial charge in [0, 0.05) is 18.6 Å². The molecule has 0 saturated carbocycles. The normalized spacial score (nSPS) is 10.3. The number of nitrogens with zero attached hydrogens (tertiary/aromatic N) is 1. The number of rotatable bonds is 4. The molecule has 15 heavy (non-hydrogen) atoms. The molecule has 3 heteroatoms. The predicted octanol–water partition coefficient (Wildman–Crippen LogP) is 1.86. The van der Waals surface area contributed by atoms with Crippen LogP contribution >= 0.6 is 0 Å². The number of pyridine rings is 1. The average Bonchev–Trinajstić information content (AvgIpc) is 2.19. The summed E-state index contributed by atoms with van der Waals surface area (Å²) in [5, 5.41) is 9.07. The molecule has 1 aromatic rings. The molecular formula is C12H18NO2+. The van der Waals surface area contributed by atoms with Gasteiger partial charge in [-0.25, -0.2) is 9.36 Å². The number of hydrogen-bond donors (Lipinski definition) is 1. The predicted molar refractivity (Wildman–Crippen MR) is 57.9 cm³/mol. The summed E-state index contributed by atoms with van der Waals surface area (Å²) in [4.78, 5) is 11.0. The van der Waals surface area contributed by atoms with Crippen LogP contribution in [0.4, 0.5) is 0 Å². The Balaban J connectivity index is 3.16. The van der Waals surface area contributed by atoms with Gasteiger partial charge in [0.1, 0.15) is 7.05 Å². The van der Waals surface area contributed by atoms with E-state index in [1.54, 1.807) is 12.3 Å². The Labute approximate surface area is 90.4 Å². The highest BCUT2D eigenvalue weighted by atomic mass is 16.4. The molecule has 82 valence electrons. The van der Waals surface area contributed by atoms with Crippen molar-refractivity contribution >= 4 is 5.97 Å². The van der Waals surface area contributed by atoms with Crippen LogP contribution in [0.15, 0.2) is 12.3 Å². The number of aromatic carboxylic acids is 1. The van der Waals surface area contributed by atoms with Crippen molar-refractivity contribution in [1.82, 2.24) is 0 Å². The summed E-state index contributed by atoms with van der Waals surface area (Å²) in [5.41, 5.74) is 2.46. The monoisotopic (exact) mass is 208 g/mol. The Morgan fingerprint density at radius 2 is 2.20 bits per heavy atom. The Bertz CT molecular complexity index is 372. The van der Waals surface area contributed by atoms with Crippen molar-refractivity contribution in [3.05, 3.63) is 29.1 Å². The molecule has 0 atom stereocenters. The van der Waals surface area contributed by atoms with E-state index in [2.05, 4.69) is 6.92 Å². The topological polar surface area (TPSA) is 41.2 Å². The van der Waals surface area contributed by atoms with Crippen LogP contribution < -0.4 is 4.57 Å². The van der Waals surface area contributed by atoms with Crippen molar-refractivity contribution in [2.45, 2.75) is 33.1 Å². The summed E-state index contributed by atoms with van der Waals surface area (Å²) in [7, 11) is 1.94. The van der Waals surface area contributed by atoms with Gasteiger partial charge in [0.2, 0.25) is 0 Å². The van der Waals surface area contributed by atoms with Crippen LogP contribution in [-0.4, -0.2) is 11.1 Å². The number of unbranched alkanes of at least 4 members (excludes halogenated alkanes) is 1. The van der Waals surface area contributed by atoms with Gasteiger partial charge in [0.15, 0.2) is 11.9 Å². The SMILES string of the molecule is CCCCc1c(C(=O)O)cc[n+](C)c1C. The fourth-order valence-corrected chi connectivity index (χ4v) is 1.68. The fraction of sp³-hybridized carbons (Fsp3) is 0.500. The lowest BCUT2D eigenvalue weighted by Crippen LogP contribution is -2.33. The van der Waals surface area contributed by atoms with Gasteiger partial charge < -0.3 is 5.11 Å². The third-order valence-corrected chi connectivity index (χ3v) is 2.77. The molecule has 0 aliphatic carbocycles. The van der Waals surface area contributed by atoms with E-state index in [1.807, 2.05) is 18.5 Å². The number of aryl methyl sites for hydroxylation is 1. The molecule has 0 aromatic carbocycles. The Hall–Kier alpha value is -1.38. The van der Waals surface area contributed by atoms with E-state index in [9.17, 15) is 4.79 Å². The minimum Gasteiger partial charge on any atom is -0.478 e. The van der Waals surface area contributed by atoms with E-state index in [0.717, 1.165) is 30.5 Å². The van der Waals surface area contributed by atoms with Crippen LogP contribution in [0.25, 0.3) is 0 Å². The molecule has 1 aromatic heterocycles. The first-order valence-electron chi connectivity index (χ1n) is 5.29. The van der Waals surface area contributed by atoms with Gasteiger partial charge in [-0.3, -0.25) is 0 Å². The van der Waals surface area contributed by atoms with Gasteiger partial charge in [-0.05, 0) is 12.8 Å². The summed E-state index contributed by atoms with van der Waals surface area (Å²) in [6, 6.07) is 1.68. The summed E-state index contributed by atoms with van der Waals surface area (Å²) in [6.07, 6.45) is 4.76. The number of aromatic nitrogens is 1. The highest BCUT2D eigenvalue weighted by Crippen LogP contribution is 2.13. The third kappa shape index (κ3) is 2.55. The summed E-state index contributed by atoms with van der Waals surface area (Å²) in [6.45, 7) is 4.08. The van der Waals surface area contributed by atoms with Gasteiger partial charge in [-0.2, -0.15) is 0 Å². The van der Waals surface area contributed by atoms with Crippen molar-refractivity contribution in [2.75, 3.05) is 0 Å². The van der Waals surface area contributed by atoms with E-state index in [0.29, 0.717) is 5.56 Å². The number of carboxylic acids is 1. The van der Waals surface area contributed by atoms with Crippen LogP contribution in [-0.2, 0) is 13.5 Å². The first-order valence-corrected chi connectivity index (χ1v) is 5.29. The van der Waals surface area contributed by atoms with Crippen molar-refractivity contribution in [3.8, 4) is 0 Å². The van der Waals surface area contributed by atoms with E-state index < -0.39 is 5.97 Å². The Morgan fingerprint density at radius 3 is 2.73 bits per heavy atom. The van der Waals surface area contributed by atoms with Crippen molar-refractivity contribution in [3.63, 3.8) is 0 Å². The molecule has 0 aliphatic heterocycles. The molecular weight excluding hydrogens is 190 g/mol. The molecule has 1 heterocycles. The second-order valence-electron chi connectivity index (χ2n) is 3.81. The molecule has 0 radical (unpaired) electrons. The summed E-state index contributed by atoms with van der Waals surface area (Å²) in [5.74, 6) is -0.829. The fourth-order valence-electron chi connectivity index (χ4n) is 1.68. The molecule has 0 aliphatic rings. The van der Waals surface area contributed by atoms with Crippen LogP contribution in [0.1, 0.15) is 41.4 Å². The van der Waals surface area contributed by atoms with E-state index >= 15 is 0 Å². The number of hydrogen-bond acceptors (Lipinski definition) is 1. The molecule has 1 rings (SSSR count). The second kappa shape index (κ2) is 4.91. The summed E-state index contributed by atoms with van der Waals surface area (Å²) < 4.78 is 1.97. The summed E-state index contributed by atoms with van der Waals surface area (Å²) >= 11 is 0. The van der Waals surface area contributed by atoms with Crippen molar-refractivity contribution < 1.29 is 14.5 Å². The van der Waals surface area contributed by atoms with Crippen LogP contribution in [0, 0.1) is 6.92 Å². The first kappa shape index (κ1) is 11.7. The second-order valence-corrected chi connectivity index (χ2v) is 3.81. The molecule has 0 fully saturated rings. The average molecular weight is 208 g/mol. The Morgan fingerprint density at radius 1 is 1.53 bits per heavy atom. The van der Waals surface area contributed by atoms with E-state index in [1.165, 1.54) is 0 Å². The highest BCUT2D eigenvalue weighted by molar-refractivity contribution is 5.89. The maximum atomic E-state index is 11.0. The molecule has 3 nitrogen and oxygen atoms in total. The minimum atomic E-state index is -0.829. The van der Waals surface area contributed by atoms with Crippen molar-refractivity contribution in [2.24, 2.45) is 7.05 Å². The molecule has 0 saturated heterocycles. The number of carboxylic acid groups (broad SMARTS) is 1. The van der Waals surface area contributed by atoms with Gasteiger partial charge in [-0.15, -0.1) is 0 Å². The van der Waals surface area contributed by atoms with Crippen LogP contribution in [0.3, 0.4) is 0 Å². The lowest BCUT2D eigenvalue weighted by Gasteiger charge is -2.06. The molecule has 1 N–H and O–H groups in total. The molecule has 0 amide bonds.